The summed E-state index contributed by atoms with van der Waals surface area (Å²) in [6, 6.07) is 4.34. The molecule has 1 fully saturated rings. The topological polar surface area (TPSA) is 69.2 Å². The van der Waals surface area contributed by atoms with Crippen LogP contribution in [0.3, 0.4) is 0 Å². The largest absolute Gasteiger partial charge is 0.396 e. The zero-order valence-corrected chi connectivity index (χ0v) is 12.3. The normalized spacial score (nSPS) is 16.9. The van der Waals surface area contributed by atoms with Crippen LogP contribution in [0.1, 0.15) is 20.3 Å². The third-order valence-corrected chi connectivity index (χ3v) is 3.90. The second kappa shape index (κ2) is 6.10. The van der Waals surface area contributed by atoms with Crippen molar-refractivity contribution in [1.82, 2.24) is 9.88 Å². The van der Waals surface area contributed by atoms with E-state index in [2.05, 4.69) is 20.9 Å². The van der Waals surface area contributed by atoms with Crippen LogP contribution in [0.5, 0.6) is 0 Å². The smallest absolute Gasteiger partial charge is 0.0738 e. The molecule has 0 saturated carbocycles. The Kier molecular flexibility index (Phi) is 4.46. The van der Waals surface area contributed by atoms with Gasteiger partial charge in [0.05, 0.1) is 29.1 Å². The van der Waals surface area contributed by atoms with Crippen LogP contribution in [0.15, 0.2) is 18.5 Å². The number of hydrogen-bond acceptors (Lipinski definition) is 5. The predicted octanol–water partition coefficient (Wildman–Crippen LogP) is 1.73. The molecule has 1 aromatic heterocycles. The Bertz CT molecular complexity index is 483. The summed E-state index contributed by atoms with van der Waals surface area (Å²) in [5.41, 5.74) is 7.56. The molecular formula is C15H23N5. The summed E-state index contributed by atoms with van der Waals surface area (Å²) in [6.45, 7) is 8.97. The van der Waals surface area contributed by atoms with Crippen molar-refractivity contribution in [2.24, 2.45) is 5.41 Å². The van der Waals surface area contributed by atoms with Crippen LogP contribution in [-0.2, 0) is 0 Å². The molecular weight excluding hydrogens is 250 g/mol. The van der Waals surface area contributed by atoms with Crippen molar-refractivity contribution in [1.29, 1.82) is 5.26 Å². The standard InChI is InChI=1S/C15H23N5/c1-15(2,12-16)4-6-19-7-9-20(10-8-19)14-3-5-18-11-13(14)17/h3,5,11H,4,6-10,17H2,1-2H3. The number of nitrogens with two attached hydrogens (primary N) is 1. The third kappa shape index (κ3) is 3.61. The van der Waals surface area contributed by atoms with E-state index in [1.54, 1.807) is 12.4 Å². The second-order valence-electron chi connectivity index (χ2n) is 6.01. The first kappa shape index (κ1) is 14.6. The Morgan fingerprint density at radius 1 is 1.35 bits per heavy atom. The van der Waals surface area contributed by atoms with E-state index in [4.69, 9.17) is 11.0 Å². The maximum Gasteiger partial charge on any atom is 0.0738 e. The van der Waals surface area contributed by atoms with Crippen LogP contribution in [-0.4, -0.2) is 42.6 Å². The molecule has 0 unspecified atom stereocenters. The monoisotopic (exact) mass is 273 g/mol. The molecule has 0 spiro atoms. The van der Waals surface area contributed by atoms with Gasteiger partial charge in [-0.25, -0.2) is 0 Å². The number of nitrogen functional groups attached to an aromatic ring is 1. The highest BCUT2D eigenvalue weighted by Crippen LogP contribution is 2.23. The zero-order chi connectivity index (χ0) is 14.6. The highest BCUT2D eigenvalue weighted by molar-refractivity contribution is 5.66. The van der Waals surface area contributed by atoms with Gasteiger partial charge in [0.25, 0.3) is 0 Å². The summed E-state index contributed by atoms with van der Waals surface area (Å²) in [4.78, 5) is 8.76. The number of hydrogen-bond donors (Lipinski definition) is 1. The SMILES string of the molecule is CC(C)(C#N)CCN1CCN(c2ccncc2N)CC1. The van der Waals surface area contributed by atoms with Gasteiger partial charge in [0.1, 0.15) is 0 Å². The van der Waals surface area contributed by atoms with Crippen LogP contribution < -0.4 is 10.6 Å². The lowest BCUT2D eigenvalue weighted by atomic mass is 9.91. The number of anilines is 2. The number of piperazine rings is 1. The molecule has 20 heavy (non-hydrogen) atoms. The minimum absolute atomic E-state index is 0.230. The fraction of sp³-hybridized carbons (Fsp3) is 0.600. The molecule has 0 bridgehead atoms. The van der Waals surface area contributed by atoms with Crippen molar-refractivity contribution < 1.29 is 0 Å². The third-order valence-electron chi connectivity index (χ3n) is 3.90. The van der Waals surface area contributed by atoms with Gasteiger partial charge in [0, 0.05) is 32.4 Å². The van der Waals surface area contributed by atoms with Crippen LogP contribution >= 0.6 is 0 Å². The molecule has 0 aromatic carbocycles. The van der Waals surface area contributed by atoms with Gasteiger partial charge in [-0.2, -0.15) is 5.26 Å². The van der Waals surface area contributed by atoms with Crippen molar-refractivity contribution in [3.8, 4) is 6.07 Å². The van der Waals surface area contributed by atoms with E-state index in [1.165, 1.54) is 0 Å². The Morgan fingerprint density at radius 2 is 2.05 bits per heavy atom. The lowest BCUT2D eigenvalue weighted by molar-refractivity contribution is 0.230. The summed E-state index contributed by atoms with van der Waals surface area (Å²) in [6.07, 6.45) is 4.41. The van der Waals surface area contributed by atoms with Crippen LogP contribution in [0.2, 0.25) is 0 Å². The summed E-state index contributed by atoms with van der Waals surface area (Å²) >= 11 is 0. The number of nitriles is 1. The lowest BCUT2D eigenvalue weighted by Crippen LogP contribution is -2.47. The molecule has 108 valence electrons. The van der Waals surface area contributed by atoms with Gasteiger partial charge < -0.3 is 10.6 Å². The van der Waals surface area contributed by atoms with Gasteiger partial charge in [-0.3, -0.25) is 9.88 Å². The summed E-state index contributed by atoms with van der Waals surface area (Å²) in [7, 11) is 0. The molecule has 5 heteroatoms. The molecule has 5 nitrogen and oxygen atoms in total. The Morgan fingerprint density at radius 3 is 2.65 bits per heavy atom. The van der Waals surface area contributed by atoms with Crippen LogP contribution in [0.25, 0.3) is 0 Å². The van der Waals surface area contributed by atoms with Crippen molar-refractivity contribution in [2.45, 2.75) is 20.3 Å². The molecule has 1 saturated heterocycles. The number of aromatic nitrogens is 1. The molecule has 1 aliphatic heterocycles. The van der Waals surface area contributed by atoms with E-state index in [9.17, 15) is 0 Å². The number of pyridine rings is 1. The fourth-order valence-electron chi connectivity index (χ4n) is 2.39. The quantitative estimate of drug-likeness (QED) is 0.904. The Balaban J connectivity index is 1.84. The van der Waals surface area contributed by atoms with Crippen molar-refractivity contribution in [3.05, 3.63) is 18.5 Å². The molecule has 0 atom stereocenters. The maximum atomic E-state index is 9.05. The number of rotatable bonds is 4. The molecule has 2 N–H and O–H groups in total. The van der Waals surface area contributed by atoms with Gasteiger partial charge >= 0.3 is 0 Å². The Hall–Kier alpha value is -1.80. The first-order valence-electron chi connectivity index (χ1n) is 7.10. The van der Waals surface area contributed by atoms with E-state index in [0.29, 0.717) is 0 Å². The zero-order valence-electron chi connectivity index (χ0n) is 12.3. The van der Waals surface area contributed by atoms with Gasteiger partial charge in [0.15, 0.2) is 0 Å². The van der Waals surface area contributed by atoms with Gasteiger partial charge in [0.2, 0.25) is 0 Å². The average molecular weight is 273 g/mol. The molecule has 0 aliphatic carbocycles. The Labute approximate surface area is 121 Å². The van der Waals surface area contributed by atoms with Crippen molar-refractivity contribution >= 4 is 11.4 Å². The van der Waals surface area contributed by atoms with Gasteiger partial charge in [-0.1, -0.05) is 0 Å². The molecule has 1 aromatic rings. The first-order chi connectivity index (χ1) is 9.52. The highest BCUT2D eigenvalue weighted by atomic mass is 15.3. The lowest BCUT2D eigenvalue weighted by Gasteiger charge is -2.37. The van der Waals surface area contributed by atoms with Crippen molar-refractivity contribution in [3.63, 3.8) is 0 Å². The second-order valence-corrected chi connectivity index (χ2v) is 6.01. The number of nitrogens with zero attached hydrogens (tertiary/aromatic N) is 4. The maximum absolute atomic E-state index is 9.05. The molecule has 2 heterocycles. The first-order valence-corrected chi connectivity index (χ1v) is 7.10. The predicted molar refractivity (Wildman–Crippen MR) is 81.3 cm³/mol. The molecule has 2 rings (SSSR count). The van der Waals surface area contributed by atoms with E-state index >= 15 is 0 Å². The van der Waals surface area contributed by atoms with E-state index in [0.717, 1.165) is 50.5 Å². The van der Waals surface area contributed by atoms with E-state index in [-0.39, 0.29) is 5.41 Å². The van der Waals surface area contributed by atoms with Crippen LogP contribution in [0.4, 0.5) is 11.4 Å². The average Bonchev–Trinajstić information content (AvgIpc) is 2.46. The molecule has 1 aliphatic rings. The minimum atomic E-state index is -0.230. The fourth-order valence-corrected chi connectivity index (χ4v) is 2.39. The van der Waals surface area contributed by atoms with E-state index < -0.39 is 0 Å². The molecule has 0 amide bonds. The minimum Gasteiger partial charge on any atom is -0.396 e. The summed E-state index contributed by atoms with van der Waals surface area (Å²) in [5.74, 6) is 0. The molecule has 0 radical (unpaired) electrons. The van der Waals surface area contributed by atoms with E-state index in [1.807, 2.05) is 19.9 Å². The van der Waals surface area contributed by atoms with Gasteiger partial charge in [-0.15, -0.1) is 0 Å². The summed E-state index contributed by atoms with van der Waals surface area (Å²) < 4.78 is 0. The summed E-state index contributed by atoms with van der Waals surface area (Å²) in [5, 5.41) is 9.05. The van der Waals surface area contributed by atoms with Crippen molar-refractivity contribution in [2.75, 3.05) is 43.4 Å². The van der Waals surface area contributed by atoms with Crippen LogP contribution in [0, 0.1) is 16.7 Å². The highest BCUT2D eigenvalue weighted by Gasteiger charge is 2.22. The van der Waals surface area contributed by atoms with Gasteiger partial charge in [-0.05, 0) is 32.9 Å².